The summed E-state index contributed by atoms with van der Waals surface area (Å²) < 4.78 is 10.4. The van der Waals surface area contributed by atoms with Gasteiger partial charge in [-0.3, -0.25) is 0 Å². The van der Waals surface area contributed by atoms with E-state index in [1.807, 2.05) is 6.92 Å². The van der Waals surface area contributed by atoms with Crippen LogP contribution in [0.25, 0.3) is 0 Å². The molecule has 1 aromatic heterocycles. The lowest BCUT2D eigenvalue weighted by Gasteiger charge is -2.16. The average molecular weight is 352 g/mol. The molecule has 0 radical (unpaired) electrons. The summed E-state index contributed by atoms with van der Waals surface area (Å²) in [6.07, 6.45) is 0.606. The topological polar surface area (TPSA) is 68.0 Å². The number of hydrogen-bond donors (Lipinski definition) is 0. The van der Waals surface area contributed by atoms with Crippen LogP contribution in [-0.2, 0) is 6.42 Å². The fourth-order valence-corrected chi connectivity index (χ4v) is 2.87. The van der Waals surface area contributed by atoms with Crippen LogP contribution >= 0.6 is 23.2 Å². The standard InChI is InChI=1S/C16H15Cl2N3O2/c1-4-12-14(20-16(23-3)21-15(12)22-2)13(8-19)9-5-10(17)7-11(18)6-9/h5-7,13H,4H2,1-3H3. The van der Waals surface area contributed by atoms with Crippen molar-refractivity contribution in [2.45, 2.75) is 19.3 Å². The van der Waals surface area contributed by atoms with E-state index in [0.717, 1.165) is 5.56 Å². The number of benzene rings is 1. The van der Waals surface area contributed by atoms with Crippen molar-refractivity contribution >= 4 is 23.2 Å². The molecule has 0 aliphatic rings. The lowest BCUT2D eigenvalue weighted by Crippen LogP contribution is -2.10. The van der Waals surface area contributed by atoms with Gasteiger partial charge in [0.15, 0.2) is 0 Å². The Labute approximate surface area is 144 Å². The number of ether oxygens (including phenoxy) is 2. The van der Waals surface area contributed by atoms with Crippen molar-refractivity contribution in [2.24, 2.45) is 0 Å². The summed E-state index contributed by atoms with van der Waals surface area (Å²) in [6.45, 7) is 1.94. The number of rotatable bonds is 5. The van der Waals surface area contributed by atoms with Gasteiger partial charge in [0.1, 0.15) is 5.92 Å². The predicted molar refractivity (Wildman–Crippen MR) is 88.4 cm³/mol. The van der Waals surface area contributed by atoms with Crippen LogP contribution in [0.1, 0.15) is 29.7 Å². The van der Waals surface area contributed by atoms with Crippen LogP contribution in [0.4, 0.5) is 0 Å². The quantitative estimate of drug-likeness (QED) is 0.813. The van der Waals surface area contributed by atoms with Crippen LogP contribution in [0.15, 0.2) is 18.2 Å². The second kappa shape index (κ2) is 7.49. The third-order valence-electron chi connectivity index (χ3n) is 3.33. The van der Waals surface area contributed by atoms with Crippen LogP contribution in [0.5, 0.6) is 11.9 Å². The first-order valence-corrected chi connectivity index (χ1v) is 7.64. The van der Waals surface area contributed by atoms with Crippen molar-refractivity contribution in [3.05, 3.63) is 45.1 Å². The minimum absolute atomic E-state index is 0.141. The fraction of sp³-hybridized carbons (Fsp3) is 0.312. The van der Waals surface area contributed by atoms with Gasteiger partial charge in [0.05, 0.1) is 26.0 Å². The van der Waals surface area contributed by atoms with Crippen LogP contribution < -0.4 is 9.47 Å². The molecule has 23 heavy (non-hydrogen) atoms. The average Bonchev–Trinajstić information content (AvgIpc) is 2.53. The molecule has 1 atom stereocenters. The molecule has 2 rings (SSSR count). The molecular formula is C16H15Cl2N3O2. The molecule has 0 spiro atoms. The van der Waals surface area contributed by atoms with Crippen molar-refractivity contribution in [3.63, 3.8) is 0 Å². The lowest BCUT2D eigenvalue weighted by molar-refractivity contribution is 0.346. The molecule has 5 nitrogen and oxygen atoms in total. The zero-order chi connectivity index (χ0) is 17.0. The van der Waals surface area contributed by atoms with Gasteiger partial charge in [-0.25, -0.2) is 0 Å². The highest BCUT2D eigenvalue weighted by atomic mass is 35.5. The van der Waals surface area contributed by atoms with Crippen LogP contribution in [0, 0.1) is 11.3 Å². The third kappa shape index (κ3) is 3.66. The number of aromatic nitrogens is 2. The number of halogens is 2. The summed E-state index contributed by atoms with van der Waals surface area (Å²) >= 11 is 12.1. The van der Waals surface area contributed by atoms with Gasteiger partial charge < -0.3 is 9.47 Å². The predicted octanol–water partition coefficient (Wildman–Crippen LogP) is 4.02. The first kappa shape index (κ1) is 17.3. The van der Waals surface area contributed by atoms with Crippen molar-refractivity contribution in [3.8, 4) is 18.0 Å². The minimum atomic E-state index is -0.660. The summed E-state index contributed by atoms with van der Waals surface area (Å²) in [5, 5.41) is 10.6. The second-order valence-electron chi connectivity index (χ2n) is 4.70. The maximum absolute atomic E-state index is 9.68. The molecular weight excluding hydrogens is 337 g/mol. The van der Waals surface area contributed by atoms with E-state index in [9.17, 15) is 5.26 Å². The van der Waals surface area contributed by atoms with Gasteiger partial charge in [-0.2, -0.15) is 15.2 Å². The highest BCUT2D eigenvalue weighted by Gasteiger charge is 2.24. The van der Waals surface area contributed by atoms with Gasteiger partial charge in [0, 0.05) is 15.6 Å². The smallest absolute Gasteiger partial charge is 0.319 e. The summed E-state index contributed by atoms with van der Waals surface area (Å²) in [7, 11) is 2.98. The second-order valence-corrected chi connectivity index (χ2v) is 5.57. The number of nitrogens with zero attached hydrogens (tertiary/aromatic N) is 3. The Morgan fingerprint density at radius 3 is 2.26 bits per heavy atom. The van der Waals surface area contributed by atoms with E-state index in [-0.39, 0.29) is 6.01 Å². The number of hydrogen-bond acceptors (Lipinski definition) is 5. The largest absolute Gasteiger partial charge is 0.481 e. The Bertz CT molecular complexity index is 739. The Morgan fingerprint density at radius 1 is 1.13 bits per heavy atom. The molecule has 120 valence electrons. The summed E-state index contributed by atoms with van der Waals surface area (Å²) in [5.41, 5.74) is 1.93. The summed E-state index contributed by atoms with van der Waals surface area (Å²) in [4.78, 5) is 8.53. The van der Waals surface area contributed by atoms with Crippen LogP contribution in [-0.4, -0.2) is 24.2 Å². The van der Waals surface area contributed by atoms with E-state index in [4.69, 9.17) is 32.7 Å². The monoisotopic (exact) mass is 351 g/mol. The van der Waals surface area contributed by atoms with E-state index in [1.165, 1.54) is 14.2 Å². The van der Waals surface area contributed by atoms with Gasteiger partial charge in [-0.1, -0.05) is 30.1 Å². The van der Waals surface area contributed by atoms with Gasteiger partial charge in [-0.15, -0.1) is 0 Å². The van der Waals surface area contributed by atoms with Crippen molar-refractivity contribution in [1.82, 2.24) is 9.97 Å². The molecule has 0 aliphatic heterocycles. The Hall–Kier alpha value is -2.03. The normalized spacial score (nSPS) is 11.7. The Balaban J connectivity index is 2.67. The van der Waals surface area contributed by atoms with Gasteiger partial charge in [0.2, 0.25) is 5.88 Å². The van der Waals surface area contributed by atoms with Crippen molar-refractivity contribution in [2.75, 3.05) is 14.2 Å². The highest BCUT2D eigenvalue weighted by molar-refractivity contribution is 6.34. The van der Waals surface area contributed by atoms with Gasteiger partial charge in [-0.05, 0) is 30.2 Å². The maximum Gasteiger partial charge on any atom is 0.319 e. The zero-order valence-corrected chi connectivity index (χ0v) is 14.4. The molecule has 0 saturated carbocycles. The summed E-state index contributed by atoms with van der Waals surface area (Å²) in [5.74, 6) is -0.269. The van der Waals surface area contributed by atoms with Crippen molar-refractivity contribution < 1.29 is 9.47 Å². The van der Waals surface area contributed by atoms with Crippen LogP contribution in [0.3, 0.4) is 0 Å². The molecule has 0 aliphatic carbocycles. The molecule has 2 aromatic rings. The van der Waals surface area contributed by atoms with E-state index in [1.54, 1.807) is 18.2 Å². The van der Waals surface area contributed by atoms with E-state index < -0.39 is 5.92 Å². The first-order chi connectivity index (χ1) is 11.0. The van der Waals surface area contributed by atoms with E-state index >= 15 is 0 Å². The van der Waals surface area contributed by atoms with E-state index in [0.29, 0.717) is 33.6 Å². The lowest BCUT2D eigenvalue weighted by atomic mass is 9.93. The molecule has 7 heteroatoms. The maximum atomic E-state index is 9.68. The molecule has 0 bridgehead atoms. The number of nitriles is 1. The van der Waals surface area contributed by atoms with E-state index in [2.05, 4.69) is 16.0 Å². The minimum Gasteiger partial charge on any atom is -0.481 e. The van der Waals surface area contributed by atoms with Gasteiger partial charge in [0.25, 0.3) is 0 Å². The Morgan fingerprint density at radius 2 is 1.78 bits per heavy atom. The SMILES string of the molecule is CCc1c(OC)nc(OC)nc1C(C#N)c1cc(Cl)cc(Cl)c1. The molecule has 1 heterocycles. The fourth-order valence-electron chi connectivity index (χ4n) is 2.33. The molecule has 1 aromatic carbocycles. The highest BCUT2D eigenvalue weighted by Crippen LogP contribution is 2.33. The van der Waals surface area contributed by atoms with Crippen LogP contribution in [0.2, 0.25) is 10.0 Å². The number of methoxy groups -OCH3 is 2. The van der Waals surface area contributed by atoms with Crippen molar-refractivity contribution in [1.29, 1.82) is 5.26 Å². The first-order valence-electron chi connectivity index (χ1n) is 6.88. The zero-order valence-electron chi connectivity index (χ0n) is 12.9. The van der Waals surface area contributed by atoms with Gasteiger partial charge >= 0.3 is 6.01 Å². The molecule has 0 fully saturated rings. The molecule has 0 N–H and O–H groups in total. The Kier molecular flexibility index (Phi) is 5.64. The molecule has 0 amide bonds. The summed E-state index contributed by atoms with van der Waals surface area (Å²) in [6, 6.07) is 7.40. The molecule has 0 saturated heterocycles. The molecule has 1 unspecified atom stereocenters. The third-order valence-corrected chi connectivity index (χ3v) is 3.77.